The molecule has 1 rings (SSSR count). The first-order valence-corrected chi connectivity index (χ1v) is 3.91. The number of anilines is 1. The summed E-state index contributed by atoms with van der Waals surface area (Å²) < 4.78 is 0. The molecule has 0 unspecified atom stereocenters. The van der Waals surface area contributed by atoms with Gasteiger partial charge in [-0.05, 0) is 32.9 Å². The van der Waals surface area contributed by atoms with Gasteiger partial charge in [0.2, 0.25) is 0 Å². The van der Waals surface area contributed by atoms with Gasteiger partial charge in [0.05, 0.1) is 0 Å². The summed E-state index contributed by atoms with van der Waals surface area (Å²) in [6.45, 7) is 6.46. The minimum absolute atomic E-state index is 0. The molecule has 0 bridgehead atoms. The number of benzene rings is 1. The lowest BCUT2D eigenvalue weighted by Gasteiger charge is -2.21. The van der Waals surface area contributed by atoms with Gasteiger partial charge >= 0.3 is 0 Å². The molecule has 0 saturated heterocycles. The van der Waals surface area contributed by atoms with Crippen LogP contribution in [0.3, 0.4) is 0 Å². The van der Waals surface area contributed by atoms with Crippen molar-refractivity contribution in [3.05, 3.63) is 30.3 Å². The Balaban J connectivity index is 0.00000121. The van der Waals surface area contributed by atoms with Crippen molar-refractivity contribution in [2.75, 3.05) is 5.32 Å². The van der Waals surface area contributed by atoms with Gasteiger partial charge in [-0.3, -0.25) is 0 Å². The number of hydrogen-bond acceptors (Lipinski definition) is 1. The van der Waals surface area contributed by atoms with Crippen molar-refractivity contribution >= 4 is 5.69 Å². The number of para-hydroxylation sites is 1. The molecule has 68 valence electrons. The highest BCUT2D eigenvalue weighted by molar-refractivity contribution is 5.44. The molecule has 12 heavy (non-hydrogen) atoms. The molecule has 0 heterocycles. The van der Waals surface area contributed by atoms with E-state index in [1.54, 1.807) is 0 Å². The molecular formula is C11H19N. The van der Waals surface area contributed by atoms with Crippen LogP contribution < -0.4 is 5.32 Å². The average molecular weight is 165 g/mol. The van der Waals surface area contributed by atoms with Gasteiger partial charge in [0.1, 0.15) is 0 Å². The van der Waals surface area contributed by atoms with E-state index in [1.165, 1.54) is 5.69 Å². The number of nitrogens with one attached hydrogen (secondary N) is 1. The Morgan fingerprint density at radius 3 is 1.92 bits per heavy atom. The van der Waals surface area contributed by atoms with Crippen LogP contribution in [0.5, 0.6) is 0 Å². The van der Waals surface area contributed by atoms with Crippen LogP contribution in [0.4, 0.5) is 5.69 Å². The van der Waals surface area contributed by atoms with E-state index in [-0.39, 0.29) is 13.0 Å². The largest absolute Gasteiger partial charge is 0.380 e. The van der Waals surface area contributed by atoms with Crippen LogP contribution in [0, 0.1) is 0 Å². The molecule has 0 saturated carbocycles. The SMILES string of the molecule is C.CC(C)(C)Nc1ccccc1. The van der Waals surface area contributed by atoms with Crippen molar-refractivity contribution in [3.63, 3.8) is 0 Å². The summed E-state index contributed by atoms with van der Waals surface area (Å²) in [5.74, 6) is 0. The molecule has 0 radical (unpaired) electrons. The Bertz CT molecular complexity index is 208. The quantitative estimate of drug-likeness (QED) is 0.671. The van der Waals surface area contributed by atoms with Gasteiger partial charge in [-0.1, -0.05) is 25.6 Å². The highest BCUT2D eigenvalue weighted by Gasteiger charge is 2.07. The van der Waals surface area contributed by atoms with Gasteiger partial charge < -0.3 is 5.32 Å². The monoisotopic (exact) mass is 165 g/mol. The Kier molecular flexibility index (Phi) is 3.81. The highest BCUT2D eigenvalue weighted by atomic mass is 14.9. The van der Waals surface area contributed by atoms with Crippen molar-refractivity contribution in [1.82, 2.24) is 0 Å². The Morgan fingerprint density at radius 2 is 1.50 bits per heavy atom. The third kappa shape index (κ3) is 4.02. The summed E-state index contributed by atoms with van der Waals surface area (Å²) in [6, 6.07) is 10.2. The van der Waals surface area contributed by atoms with Crippen LogP contribution in [0.15, 0.2) is 30.3 Å². The van der Waals surface area contributed by atoms with Crippen LogP contribution in [0.2, 0.25) is 0 Å². The molecule has 0 atom stereocenters. The average Bonchev–Trinajstić information content (AvgIpc) is 1.85. The molecule has 0 aliphatic heterocycles. The summed E-state index contributed by atoms with van der Waals surface area (Å²) in [7, 11) is 0. The van der Waals surface area contributed by atoms with E-state index in [0.29, 0.717) is 0 Å². The topological polar surface area (TPSA) is 12.0 Å². The normalized spacial score (nSPS) is 10.2. The summed E-state index contributed by atoms with van der Waals surface area (Å²) >= 11 is 0. The molecule has 0 fully saturated rings. The fourth-order valence-electron chi connectivity index (χ4n) is 0.954. The van der Waals surface area contributed by atoms with E-state index < -0.39 is 0 Å². The first-order valence-electron chi connectivity index (χ1n) is 3.91. The van der Waals surface area contributed by atoms with Crippen molar-refractivity contribution < 1.29 is 0 Å². The predicted octanol–water partition coefficient (Wildman–Crippen LogP) is 3.53. The maximum atomic E-state index is 3.38. The first-order chi connectivity index (χ1) is 5.08. The van der Waals surface area contributed by atoms with Crippen molar-refractivity contribution in [2.24, 2.45) is 0 Å². The van der Waals surface area contributed by atoms with Crippen LogP contribution in [-0.2, 0) is 0 Å². The maximum Gasteiger partial charge on any atom is 0.0344 e. The highest BCUT2D eigenvalue weighted by Crippen LogP contribution is 2.12. The molecule has 0 amide bonds. The Labute approximate surface area is 75.8 Å². The zero-order chi connectivity index (χ0) is 8.32. The summed E-state index contributed by atoms with van der Waals surface area (Å²) in [5.41, 5.74) is 1.33. The van der Waals surface area contributed by atoms with E-state index >= 15 is 0 Å². The van der Waals surface area contributed by atoms with Gasteiger partial charge in [0, 0.05) is 11.2 Å². The van der Waals surface area contributed by atoms with Crippen LogP contribution in [0.25, 0.3) is 0 Å². The van der Waals surface area contributed by atoms with E-state index in [4.69, 9.17) is 0 Å². The fraction of sp³-hybridized carbons (Fsp3) is 0.455. The third-order valence-corrected chi connectivity index (χ3v) is 1.29. The Morgan fingerprint density at radius 1 is 1.00 bits per heavy atom. The van der Waals surface area contributed by atoms with Crippen molar-refractivity contribution in [3.8, 4) is 0 Å². The summed E-state index contributed by atoms with van der Waals surface area (Å²) in [4.78, 5) is 0. The molecule has 1 aromatic rings. The molecule has 0 aliphatic carbocycles. The first kappa shape index (κ1) is 11.0. The molecule has 1 nitrogen and oxygen atoms in total. The second kappa shape index (κ2) is 4.15. The van der Waals surface area contributed by atoms with Gasteiger partial charge in [-0.25, -0.2) is 0 Å². The van der Waals surface area contributed by atoms with Gasteiger partial charge in [-0.2, -0.15) is 0 Å². The minimum Gasteiger partial charge on any atom is -0.380 e. The zero-order valence-electron chi connectivity index (χ0n) is 7.39. The molecule has 0 spiro atoms. The predicted molar refractivity (Wildman–Crippen MR) is 56.5 cm³/mol. The molecular weight excluding hydrogens is 146 g/mol. The Hall–Kier alpha value is -0.980. The summed E-state index contributed by atoms with van der Waals surface area (Å²) in [6.07, 6.45) is 0. The van der Waals surface area contributed by atoms with Gasteiger partial charge in [-0.15, -0.1) is 0 Å². The molecule has 0 aliphatic rings. The third-order valence-electron chi connectivity index (χ3n) is 1.29. The van der Waals surface area contributed by atoms with Crippen molar-refractivity contribution in [2.45, 2.75) is 33.7 Å². The second-order valence-corrected chi connectivity index (χ2v) is 3.74. The lowest BCUT2D eigenvalue weighted by atomic mass is 10.1. The molecule has 0 aromatic heterocycles. The van der Waals surface area contributed by atoms with Gasteiger partial charge in [0.25, 0.3) is 0 Å². The van der Waals surface area contributed by atoms with E-state index in [9.17, 15) is 0 Å². The van der Waals surface area contributed by atoms with E-state index in [1.807, 2.05) is 18.2 Å². The fourth-order valence-corrected chi connectivity index (χ4v) is 0.954. The van der Waals surface area contributed by atoms with E-state index in [0.717, 1.165) is 0 Å². The molecule has 1 aromatic carbocycles. The lowest BCUT2D eigenvalue weighted by Crippen LogP contribution is -2.25. The minimum atomic E-state index is 0. The van der Waals surface area contributed by atoms with Crippen LogP contribution in [-0.4, -0.2) is 5.54 Å². The van der Waals surface area contributed by atoms with Crippen LogP contribution >= 0.6 is 0 Å². The van der Waals surface area contributed by atoms with Crippen molar-refractivity contribution in [1.29, 1.82) is 0 Å². The lowest BCUT2D eigenvalue weighted by molar-refractivity contribution is 0.634. The van der Waals surface area contributed by atoms with Crippen LogP contribution in [0.1, 0.15) is 28.2 Å². The smallest absolute Gasteiger partial charge is 0.0344 e. The number of hydrogen-bond donors (Lipinski definition) is 1. The number of rotatable bonds is 1. The molecule has 1 heteroatoms. The summed E-state index contributed by atoms with van der Waals surface area (Å²) in [5, 5.41) is 3.38. The standard InChI is InChI=1S/C10H15N.CH4/c1-10(2,3)11-9-7-5-4-6-8-9;/h4-8,11H,1-3H3;1H4. The molecule has 1 N–H and O–H groups in total. The second-order valence-electron chi connectivity index (χ2n) is 3.74. The van der Waals surface area contributed by atoms with E-state index in [2.05, 4.69) is 38.2 Å². The maximum absolute atomic E-state index is 3.38. The zero-order valence-corrected chi connectivity index (χ0v) is 7.39. The van der Waals surface area contributed by atoms with Gasteiger partial charge in [0.15, 0.2) is 0 Å².